The van der Waals surface area contributed by atoms with Crippen molar-refractivity contribution in [3.05, 3.63) is 0 Å². The van der Waals surface area contributed by atoms with Crippen LogP contribution in [0.1, 0.15) is 34.6 Å². The number of hydrogen-bond donors (Lipinski definition) is 0. The van der Waals surface area contributed by atoms with Crippen LogP contribution in [-0.4, -0.2) is 65.5 Å². The Labute approximate surface area is 160 Å². The molecule has 0 aromatic rings. The number of ether oxygens (including phenoxy) is 5. The summed E-state index contributed by atoms with van der Waals surface area (Å²) in [5.74, 6) is -3.51. The van der Waals surface area contributed by atoms with E-state index in [1.807, 2.05) is 0 Å². The first-order valence-electron chi connectivity index (χ1n) is 7.99. The van der Waals surface area contributed by atoms with Gasteiger partial charge in [-0.2, -0.15) is 0 Å². The van der Waals surface area contributed by atoms with Gasteiger partial charge in [0.05, 0.1) is 0 Å². The highest BCUT2D eigenvalue weighted by Crippen LogP contribution is 2.33. The highest BCUT2D eigenvalue weighted by atomic mass is 32.2. The molecule has 1 aliphatic rings. The molecule has 0 unspecified atom stereocenters. The molecule has 152 valence electrons. The lowest BCUT2D eigenvalue weighted by Gasteiger charge is -2.33. The van der Waals surface area contributed by atoms with Crippen LogP contribution in [0.15, 0.2) is 0 Å². The molecule has 0 N–H and O–H groups in total. The molecule has 0 aromatic carbocycles. The Balaban J connectivity index is 3.40. The molecule has 5 atom stereocenters. The molecule has 1 heterocycles. The van der Waals surface area contributed by atoms with Gasteiger partial charge in [0.1, 0.15) is 0 Å². The van der Waals surface area contributed by atoms with E-state index in [1.165, 1.54) is 0 Å². The lowest BCUT2D eigenvalue weighted by Crippen LogP contribution is -2.53. The van der Waals surface area contributed by atoms with E-state index in [2.05, 4.69) is 0 Å². The highest BCUT2D eigenvalue weighted by Gasteiger charge is 2.50. The summed E-state index contributed by atoms with van der Waals surface area (Å²) >= 11 is 0.994. The number of thioether (sulfide) groups is 1. The predicted molar refractivity (Wildman–Crippen MR) is 90.2 cm³/mol. The minimum absolute atomic E-state index is 0.0327. The van der Waals surface area contributed by atoms with Crippen LogP contribution in [-0.2, 0) is 47.7 Å². The van der Waals surface area contributed by atoms with Gasteiger partial charge < -0.3 is 23.7 Å². The Morgan fingerprint density at radius 2 is 1.00 bits per heavy atom. The van der Waals surface area contributed by atoms with Crippen molar-refractivity contribution in [2.75, 3.05) is 5.75 Å². The molecule has 0 bridgehead atoms. The summed E-state index contributed by atoms with van der Waals surface area (Å²) < 4.78 is 26.0. The zero-order valence-corrected chi connectivity index (χ0v) is 16.4. The molecule has 0 amide bonds. The smallest absolute Gasteiger partial charge is 0.303 e. The molecule has 0 radical (unpaired) electrons. The highest BCUT2D eigenvalue weighted by molar-refractivity contribution is 7.99. The van der Waals surface area contributed by atoms with Crippen molar-refractivity contribution < 1.29 is 47.7 Å². The van der Waals surface area contributed by atoms with Crippen LogP contribution < -0.4 is 0 Å². The van der Waals surface area contributed by atoms with Crippen LogP contribution in [0, 0.1) is 0 Å². The summed E-state index contributed by atoms with van der Waals surface area (Å²) in [6.45, 7) is 5.67. The molecular formula is C16H22O10S. The number of carbonyl (C=O) groups is 5. The van der Waals surface area contributed by atoms with Crippen molar-refractivity contribution in [3.63, 3.8) is 0 Å². The second-order valence-electron chi connectivity index (χ2n) is 5.68. The molecule has 0 aliphatic carbocycles. The lowest BCUT2D eigenvalue weighted by molar-refractivity contribution is -0.201. The third kappa shape index (κ3) is 7.45. The number of carbonyl (C=O) groups excluding carboxylic acids is 5. The van der Waals surface area contributed by atoms with Crippen LogP contribution >= 0.6 is 11.8 Å². The standard InChI is InChI=1S/C16H22O10S/c1-7(17)22-12-6-27-16(26-11(5)21)15(25-10(4)20)14(24-9(3)19)13(12)23-8(2)18/h12-16H,6H2,1-5H3/t12-,13+,14+,15-,16+/m1/s1. The average molecular weight is 406 g/mol. The largest absolute Gasteiger partial charge is 0.458 e. The van der Waals surface area contributed by atoms with Gasteiger partial charge in [-0.25, -0.2) is 0 Å². The van der Waals surface area contributed by atoms with Crippen molar-refractivity contribution >= 4 is 41.6 Å². The van der Waals surface area contributed by atoms with E-state index < -0.39 is 59.7 Å². The molecule has 1 aliphatic heterocycles. The van der Waals surface area contributed by atoms with E-state index in [0.717, 1.165) is 46.4 Å². The van der Waals surface area contributed by atoms with Crippen LogP contribution in [0.2, 0.25) is 0 Å². The van der Waals surface area contributed by atoms with Crippen molar-refractivity contribution in [3.8, 4) is 0 Å². The average Bonchev–Trinajstić information content (AvgIpc) is 2.59. The van der Waals surface area contributed by atoms with Gasteiger partial charge in [0.15, 0.2) is 29.9 Å². The fourth-order valence-corrected chi connectivity index (χ4v) is 3.73. The van der Waals surface area contributed by atoms with Crippen LogP contribution in [0.3, 0.4) is 0 Å². The first kappa shape index (κ1) is 22.7. The molecule has 0 saturated carbocycles. The fraction of sp³-hybridized carbons (Fsp3) is 0.688. The SMILES string of the molecule is CC(=O)O[C@H]1[C@@H](OC(C)=O)[C@H](OC(C)=O)CS[C@H](OC(C)=O)[C@@H]1OC(C)=O. The van der Waals surface area contributed by atoms with Gasteiger partial charge in [-0.05, 0) is 0 Å². The third-order valence-corrected chi connectivity index (χ3v) is 4.43. The second kappa shape index (κ2) is 10.1. The molecule has 0 aromatic heterocycles. The molecule has 1 fully saturated rings. The Bertz CT molecular complexity index is 560. The zero-order valence-electron chi connectivity index (χ0n) is 15.6. The van der Waals surface area contributed by atoms with E-state index in [-0.39, 0.29) is 5.75 Å². The summed E-state index contributed by atoms with van der Waals surface area (Å²) in [5, 5.41) is 0. The van der Waals surface area contributed by atoms with Gasteiger partial charge in [0.2, 0.25) is 0 Å². The van der Waals surface area contributed by atoms with Gasteiger partial charge in [0.25, 0.3) is 0 Å². The normalized spacial score (nSPS) is 27.5. The maximum absolute atomic E-state index is 11.6. The molecule has 11 heteroatoms. The number of esters is 5. The molecule has 1 saturated heterocycles. The molecule has 27 heavy (non-hydrogen) atoms. The minimum Gasteiger partial charge on any atom is -0.458 e. The topological polar surface area (TPSA) is 132 Å². The van der Waals surface area contributed by atoms with Gasteiger partial charge in [-0.1, -0.05) is 0 Å². The first-order valence-corrected chi connectivity index (χ1v) is 9.03. The van der Waals surface area contributed by atoms with Crippen LogP contribution in [0.4, 0.5) is 0 Å². The quantitative estimate of drug-likeness (QED) is 0.463. The molecule has 0 spiro atoms. The Morgan fingerprint density at radius 1 is 0.593 bits per heavy atom. The zero-order chi connectivity index (χ0) is 20.7. The van der Waals surface area contributed by atoms with Crippen molar-refractivity contribution in [2.24, 2.45) is 0 Å². The van der Waals surface area contributed by atoms with E-state index in [4.69, 9.17) is 23.7 Å². The minimum atomic E-state index is -1.36. The third-order valence-electron chi connectivity index (χ3n) is 3.21. The predicted octanol–water partition coefficient (Wildman–Crippen LogP) is 0.349. The van der Waals surface area contributed by atoms with E-state index in [9.17, 15) is 24.0 Å². The van der Waals surface area contributed by atoms with Crippen LogP contribution in [0.5, 0.6) is 0 Å². The molecular weight excluding hydrogens is 384 g/mol. The van der Waals surface area contributed by atoms with Crippen molar-refractivity contribution in [2.45, 2.75) is 64.5 Å². The molecule has 10 nitrogen and oxygen atoms in total. The number of rotatable bonds is 5. The molecule has 1 rings (SSSR count). The summed E-state index contributed by atoms with van der Waals surface area (Å²) in [7, 11) is 0. The second-order valence-corrected chi connectivity index (χ2v) is 6.81. The maximum Gasteiger partial charge on any atom is 0.303 e. The summed E-state index contributed by atoms with van der Waals surface area (Å²) in [4.78, 5) is 57.7. The van der Waals surface area contributed by atoms with E-state index in [0.29, 0.717) is 0 Å². The first-order chi connectivity index (χ1) is 12.5. The summed E-state index contributed by atoms with van der Waals surface area (Å²) in [6.07, 6.45) is -4.95. The van der Waals surface area contributed by atoms with Gasteiger partial charge in [0, 0.05) is 40.4 Å². The number of hydrogen-bond acceptors (Lipinski definition) is 11. The van der Waals surface area contributed by atoms with Gasteiger partial charge in [-0.3, -0.25) is 24.0 Å². The Kier molecular flexibility index (Phi) is 8.54. The summed E-state index contributed by atoms with van der Waals surface area (Å²) in [6, 6.07) is 0. The van der Waals surface area contributed by atoms with Crippen molar-refractivity contribution in [1.29, 1.82) is 0 Å². The summed E-state index contributed by atoms with van der Waals surface area (Å²) in [5.41, 5.74) is -1.07. The maximum atomic E-state index is 11.6. The Morgan fingerprint density at radius 3 is 1.44 bits per heavy atom. The van der Waals surface area contributed by atoms with Gasteiger partial charge >= 0.3 is 29.8 Å². The van der Waals surface area contributed by atoms with E-state index in [1.54, 1.807) is 0 Å². The fourth-order valence-electron chi connectivity index (χ4n) is 2.49. The van der Waals surface area contributed by atoms with Crippen molar-refractivity contribution in [1.82, 2.24) is 0 Å². The van der Waals surface area contributed by atoms with Gasteiger partial charge in [-0.15, -0.1) is 11.8 Å². The van der Waals surface area contributed by atoms with E-state index >= 15 is 0 Å². The monoisotopic (exact) mass is 406 g/mol. The lowest BCUT2D eigenvalue weighted by atomic mass is 10.0. The van der Waals surface area contributed by atoms with Crippen LogP contribution in [0.25, 0.3) is 0 Å². The Hall–Kier alpha value is -2.30.